The lowest BCUT2D eigenvalue weighted by atomic mass is 9.66. The van der Waals surface area contributed by atoms with Crippen LogP contribution in [-0.4, -0.2) is 15.0 Å². The summed E-state index contributed by atoms with van der Waals surface area (Å²) in [4.78, 5) is 18.5. The van der Waals surface area contributed by atoms with Gasteiger partial charge in [0.15, 0.2) is 0 Å². The first kappa shape index (κ1) is 33.6. The van der Waals surface area contributed by atoms with E-state index in [1.54, 1.807) is 0 Å². The zero-order valence-corrected chi connectivity index (χ0v) is 33.1. The Bertz CT molecular complexity index is 3530. The van der Waals surface area contributed by atoms with Crippen LogP contribution < -0.4 is 0 Å². The molecule has 0 amide bonds. The summed E-state index contributed by atoms with van der Waals surface area (Å²) in [7, 11) is 0. The molecule has 0 unspecified atom stereocenters. The number of nitrogens with zero attached hydrogens (tertiary/aromatic N) is 3. The lowest BCUT2D eigenvalue weighted by molar-refractivity contribution is 0.724. The predicted molar refractivity (Wildman–Crippen MR) is 248 cm³/mol. The molecule has 278 valence electrons. The SMILES string of the molecule is c1ccc(-c2ccc3ccc4ccc(-c5ccc6c(c5)C5(c7cc8c(cc7S6)c(-c6ccccc6)nc6ccccc68)c6ccccc6-c6ccccc65)nc4c3n2)cc1. The van der Waals surface area contributed by atoms with Crippen molar-refractivity contribution in [1.82, 2.24) is 15.0 Å². The first-order valence-electron chi connectivity index (χ1n) is 20.4. The second-order valence-corrected chi connectivity index (χ2v) is 16.9. The maximum Gasteiger partial charge on any atom is 0.0972 e. The highest BCUT2D eigenvalue weighted by Gasteiger charge is 2.50. The van der Waals surface area contributed by atoms with Crippen LogP contribution in [0.5, 0.6) is 0 Å². The van der Waals surface area contributed by atoms with Gasteiger partial charge in [0.2, 0.25) is 0 Å². The van der Waals surface area contributed by atoms with E-state index in [-0.39, 0.29) is 0 Å². The minimum absolute atomic E-state index is 0.569. The van der Waals surface area contributed by atoms with Crippen LogP contribution >= 0.6 is 11.8 Å². The van der Waals surface area contributed by atoms with Crippen LogP contribution in [0.3, 0.4) is 0 Å². The number of hydrogen-bond acceptors (Lipinski definition) is 4. The standard InChI is InChI=1S/C56H33N3S/c1-3-13-34(14-4-1)48-28-25-36-23-24-37-26-29-49(58-55(37)54(36)57-48)38-27-30-51-46(31-38)56(44-20-10-7-17-39(44)40-18-8-11-21-45(40)56)47-32-42-41-19-9-12-22-50(41)59-53(35-15-5-2-6-16-35)43(42)33-52(47)60-51/h1-33H. The van der Waals surface area contributed by atoms with E-state index in [2.05, 4.69) is 194 Å². The van der Waals surface area contributed by atoms with Crippen molar-refractivity contribution in [2.75, 3.05) is 0 Å². The molecule has 4 heterocycles. The Hall–Kier alpha value is -7.40. The molecular weight excluding hydrogens is 747 g/mol. The fourth-order valence-electron chi connectivity index (χ4n) is 10.0. The molecule has 3 nitrogen and oxygen atoms in total. The second-order valence-electron chi connectivity index (χ2n) is 15.9. The third-order valence-electron chi connectivity index (χ3n) is 12.7. The van der Waals surface area contributed by atoms with Gasteiger partial charge in [0.05, 0.1) is 39.0 Å². The van der Waals surface area contributed by atoms with Crippen LogP contribution in [0.2, 0.25) is 0 Å². The van der Waals surface area contributed by atoms with Gasteiger partial charge in [0, 0.05) is 48.0 Å². The van der Waals surface area contributed by atoms with E-state index in [4.69, 9.17) is 15.0 Å². The van der Waals surface area contributed by atoms with E-state index < -0.39 is 5.41 Å². The minimum atomic E-state index is -0.569. The van der Waals surface area contributed by atoms with Crippen LogP contribution in [0, 0.1) is 0 Å². The summed E-state index contributed by atoms with van der Waals surface area (Å²) >= 11 is 1.87. The van der Waals surface area contributed by atoms with Gasteiger partial charge < -0.3 is 0 Å². The minimum Gasteiger partial charge on any atom is -0.247 e. The Labute approximate surface area is 351 Å². The first-order valence-corrected chi connectivity index (χ1v) is 21.2. The van der Waals surface area contributed by atoms with Crippen LogP contribution in [0.4, 0.5) is 0 Å². The first-order chi connectivity index (χ1) is 29.7. The van der Waals surface area contributed by atoms with Crippen molar-refractivity contribution in [1.29, 1.82) is 0 Å². The molecule has 1 aliphatic heterocycles. The summed E-state index contributed by atoms with van der Waals surface area (Å²) in [6.45, 7) is 0. The summed E-state index contributed by atoms with van der Waals surface area (Å²) in [5.41, 5.74) is 16.2. The third-order valence-corrected chi connectivity index (χ3v) is 13.8. The van der Waals surface area contributed by atoms with Crippen LogP contribution in [0.15, 0.2) is 210 Å². The van der Waals surface area contributed by atoms with Gasteiger partial charge in [0.25, 0.3) is 0 Å². The van der Waals surface area contributed by atoms with Gasteiger partial charge in [-0.1, -0.05) is 169 Å². The molecule has 2 aliphatic rings. The second kappa shape index (κ2) is 12.8. The zero-order valence-electron chi connectivity index (χ0n) is 32.3. The van der Waals surface area contributed by atoms with Gasteiger partial charge in [-0.25, -0.2) is 15.0 Å². The molecule has 8 aromatic carbocycles. The number of hydrogen-bond donors (Lipinski definition) is 0. The Balaban J connectivity index is 1.08. The van der Waals surface area contributed by atoms with Crippen LogP contribution in [-0.2, 0) is 5.41 Å². The number of fused-ring (bicyclic) bond motifs is 15. The molecule has 0 N–H and O–H groups in total. The van der Waals surface area contributed by atoms with Crippen molar-refractivity contribution in [3.8, 4) is 44.9 Å². The predicted octanol–water partition coefficient (Wildman–Crippen LogP) is 14.3. The van der Waals surface area contributed by atoms with Crippen molar-refractivity contribution in [2.45, 2.75) is 15.2 Å². The number of pyridine rings is 3. The quantitative estimate of drug-likeness (QED) is 0.167. The Kier molecular flexibility index (Phi) is 7.16. The van der Waals surface area contributed by atoms with Gasteiger partial charge in [0.1, 0.15) is 0 Å². The van der Waals surface area contributed by atoms with E-state index in [1.807, 2.05) is 17.8 Å². The van der Waals surface area contributed by atoms with E-state index in [0.29, 0.717) is 0 Å². The molecule has 0 bridgehead atoms. The zero-order chi connectivity index (χ0) is 39.4. The van der Waals surface area contributed by atoms with Crippen LogP contribution in [0.25, 0.3) is 88.4 Å². The molecule has 60 heavy (non-hydrogen) atoms. The van der Waals surface area contributed by atoms with Gasteiger partial charge in [-0.05, 0) is 81.2 Å². The molecule has 4 heteroatoms. The maximum absolute atomic E-state index is 5.44. The number of rotatable bonds is 3. The van der Waals surface area contributed by atoms with Crippen LogP contribution in [0.1, 0.15) is 22.3 Å². The van der Waals surface area contributed by atoms with Gasteiger partial charge >= 0.3 is 0 Å². The molecule has 1 aliphatic carbocycles. The molecule has 1 spiro atoms. The van der Waals surface area contributed by atoms with Gasteiger partial charge in [-0.3, -0.25) is 0 Å². The van der Waals surface area contributed by atoms with Crippen molar-refractivity contribution in [3.63, 3.8) is 0 Å². The monoisotopic (exact) mass is 779 g/mol. The van der Waals surface area contributed by atoms with Gasteiger partial charge in [-0.2, -0.15) is 0 Å². The Morgan fingerprint density at radius 3 is 1.62 bits per heavy atom. The molecular formula is C56H33N3S. The topological polar surface area (TPSA) is 38.7 Å². The summed E-state index contributed by atoms with van der Waals surface area (Å²) in [5, 5.41) is 5.69. The summed E-state index contributed by atoms with van der Waals surface area (Å²) < 4.78 is 0. The highest BCUT2D eigenvalue weighted by Crippen LogP contribution is 2.63. The smallest absolute Gasteiger partial charge is 0.0972 e. The van der Waals surface area contributed by atoms with Gasteiger partial charge in [-0.15, -0.1) is 0 Å². The number of aromatic nitrogens is 3. The van der Waals surface area contributed by atoms with Crippen molar-refractivity contribution in [3.05, 3.63) is 222 Å². The van der Waals surface area contributed by atoms with E-state index in [9.17, 15) is 0 Å². The molecule has 11 aromatic rings. The molecule has 0 saturated carbocycles. The van der Waals surface area contributed by atoms with E-state index in [1.165, 1.54) is 48.6 Å². The molecule has 3 aromatic heterocycles. The molecule has 0 atom stereocenters. The lowest BCUT2D eigenvalue weighted by Gasteiger charge is -2.40. The van der Waals surface area contributed by atoms with Crippen molar-refractivity contribution >= 4 is 55.2 Å². The highest BCUT2D eigenvalue weighted by atomic mass is 32.2. The normalized spacial score (nSPS) is 13.4. The number of para-hydroxylation sites is 1. The maximum atomic E-state index is 5.44. The fraction of sp³-hybridized carbons (Fsp3) is 0.0179. The molecule has 0 saturated heterocycles. The summed E-state index contributed by atoms with van der Waals surface area (Å²) in [6.07, 6.45) is 0. The Morgan fingerprint density at radius 1 is 0.350 bits per heavy atom. The largest absolute Gasteiger partial charge is 0.247 e. The highest BCUT2D eigenvalue weighted by molar-refractivity contribution is 7.99. The lowest BCUT2D eigenvalue weighted by Crippen LogP contribution is -2.32. The molecule has 0 radical (unpaired) electrons. The molecule has 0 fully saturated rings. The third kappa shape index (κ3) is 4.77. The average Bonchev–Trinajstić information content (AvgIpc) is 3.61. The fourth-order valence-corrected chi connectivity index (χ4v) is 11.2. The van der Waals surface area contributed by atoms with Crippen molar-refractivity contribution < 1.29 is 0 Å². The molecule has 13 rings (SSSR count). The van der Waals surface area contributed by atoms with E-state index in [0.717, 1.165) is 71.9 Å². The van der Waals surface area contributed by atoms with Crippen molar-refractivity contribution in [2.24, 2.45) is 0 Å². The average molecular weight is 780 g/mol. The summed E-state index contributed by atoms with van der Waals surface area (Å²) in [5.74, 6) is 0. The van der Waals surface area contributed by atoms with E-state index >= 15 is 0 Å². The Morgan fingerprint density at radius 2 is 0.917 bits per heavy atom. The number of benzene rings is 8. The summed E-state index contributed by atoms with van der Waals surface area (Å²) in [6, 6.07) is 72.6.